The van der Waals surface area contributed by atoms with Crippen LogP contribution in [-0.4, -0.2) is 94.7 Å². The number of carboxylic acids is 1. The number of β-lactam (4-membered cyclic amide) rings is 1. The summed E-state index contributed by atoms with van der Waals surface area (Å²) in [6.07, 6.45) is -1.48. The van der Waals surface area contributed by atoms with Crippen molar-refractivity contribution in [1.82, 2.24) is 30.4 Å². The minimum absolute atomic E-state index is 0.0911. The number of aromatic nitrogens is 4. The molecule has 3 heterocycles. The summed E-state index contributed by atoms with van der Waals surface area (Å²) in [6.45, 7) is 1.50. The zero-order valence-electron chi connectivity index (χ0n) is 19.2. The molecule has 4 rings (SSSR count). The molecular formula is C20H22N6O8S3. The van der Waals surface area contributed by atoms with Gasteiger partial charge in [-0.3, -0.25) is 19.0 Å². The van der Waals surface area contributed by atoms with Crippen LogP contribution in [0.1, 0.15) is 24.6 Å². The van der Waals surface area contributed by atoms with E-state index < -0.39 is 57.2 Å². The molecule has 37 heavy (non-hydrogen) atoms. The van der Waals surface area contributed by atoms with Crippen molar-refractivity contribution in [2.75, 3.05) is 17.3 Å². The van der Waals surface area contributed by atoms with Crippen molar-refractivity contribution >= 4 is 51.4 Å². The molecule has 2 amide bonds. The highest BCUT2D eigenvalue weighted by Gasteiger charge is 2.54. The maximum atomic E-state index is 12.9. The Morgan fingerprint density at radius 2 is 2.00 bits per heavy atom. The Kier molecular flexibility index (Phi) is 7.88. The lowest BCUT2D eigenvalue weighted by Gasteiger charge is -2.49. The molecule has 3 unspecified atom stereocenters. The average Bonchev–Trinajstić information content (AvgIpc) is 3.33. The molecule has 198 valence electrons. The molecule has 1 aromatic carbocycles. The molecule has 1 fully saturated rings. The van der Waals surface area contributed by atoms with E-state index in [1.165, 1.54) is 23.4 Å². The van der Waals surface area contributed by atoms with Crippen molar-refractivity contribution in [3.8, 4) is 0 Å². The third kappa shape index (κ3) is 5.80. The largest absolute Gasteiger partial charge is 0.477 e. The highest BCUT2D eigenvalue weighted by molar-refractivity contribution is 8.01. The zero-order chi connectivity index (χ0) is 26.9. The summed E-state index contributed by atoms with van der Waals surface area (Å²) in [5.74, 6) is -2.98. The number of aliphatic hydroxyl groups is 1. The zero-order valence-corrected chi connectivity index (χ0v) is 21.6. The number of hydrogen-bond donors (Lipinski definition) is 4. The molecule has 2 aliphatic rings. The number of amides is 2. The number of carbonyl (C=O) groups excluding carboxylic acids is 2. The maximum absolute atomic E-state index is 12.9. The Balaban J connectivity index is 1.45. The highest BCUT2D eigenvalue weighted by atomic mass is 32.2. The van der Waals surface area contributed by atoms with E-state index in [4.69, 9.17) is 4.55 Å². The molecule has 4 atom stereocenters. The van der Waals surface area contributed by atoms with Crippen LogP contribution in [0.25, 0.3) is 0 Å². The number of aliphatic hydroxyl groups excluding tert-OH is 1. The van der Waals surface area contributed by atoms with Crippen LogP contribution in [0, 0.1) is 0 Å². The van der Waals surface area contributed by atoms with E-state index in [0.717, 1.165) is 16.7 Å². The minimum Gasteiger partial charge on any atom is -0.477 e. The van der Waals surface area contributed by atoms with Gasteiger partial charge in [0.05, 0.1) is 11.8 Å². The van der Waals surface area contributed by atoms with Gasteiger partial charge in [-0.05, 0) is 28.5 Å². The number of aliphatic carboxylic acids is 1. The molecule has 17 heteroatoms. The van der Waals surface area contributed by atoms with Crippen molar-refractivity contribution in [2.45, 2.75) is 35.6 Å². The van der Waals surface area contributed by atoms with Crippen LogP contribution < -0.4 is 5.32 Å². The Morgan fingerprint density at radius 1 is 1.30 bits per heavy atom. The number of benzene rings is 1. The second-order valence-corrected chi connectivity index (χ2v) is 11.8. The summed E-state index contributed by atoms with van der Waals surface area (Å²) in [4.78, 5) is 38.5. The molecule has 0 aliphatic carbocycles. The van der Waals surface area contributed by atoms with E-state index in [0.29, 0.717) is 11.1 Å². The number of tetrazole rings is 1. The summed E-state index contributed by atoms with van der Waals surface area (Å²) in [6, 6.07) is 6.43. The summed E-state index contributed by atoms with van der Waals surface area (Å²) in [7, 11) is -4.27. The van der Waals surface area contributed by atoms with Gasteiger partial charge in [-0.2, -0.15) is 8.42 Å². The van der Waals surface area contributed by atoms with Crippen molar-refractivity contribution in [1.29, 1.82) is 0 Å². The van der Waals surface area contributed by atoms with Gasteiger partial charge < -0.3 is 15.5 Å². The quantitative estimate of drug-likeness (QED) is 0.164. The molecule has 1 aromatic heterocycles. The van der Waals surface area contributed by atoms with E-state index in [-0.39, 0.29) is 22.4 Å². The first-order chi connectivity index (χ1) is 17.5. The van der Waals surface area contributed by atoms with Gasteiger partial charge in [0.2, 0.25) is 5.16 Å². The van der Waals surface area contributed by atoms with E-state index in [1.54, 1.807) is 30.3 Å². The summed E-state index contributed by atoms with van der Waals surface area (Å²) in [5, 5.41) is 33.3. The molecule has 2 aliphatic heterocycles. The number of hydrogen-bond acceptors (Lipinski definition) is 11. The van der Waals surface area contributed by atoms with Crippen molar-refractivity contribution < 1.29 is 37.6 Å². The van der Waals surface area contributed by atoms with Gasteiger partial charge in [0.25, 0.3) is 21.9 Å². The molecule has 14 nitrogen and oxygen atoms in total. The van der Waals surface area contributed by atoms with Gasteiger partial charge >= 0.3 is 5.97 Å². The van der Waals surface area contributed by atoms with E-state index >= 15 is 0 Å². The van der Waals surface area contributed by atoms with Crippen molar-refractivity contribution in [3.63, 3.8) is 0 Å². The Labute approximate surface area is 219 Å². The Hall–Kier alpha value is -2.99. The first kappa shape index (κ1) is 27.1. The molecule has 1 saturated heterocycles. The normalized spacial score (nSPS) is 21.2. The van der Waals surface area contributed by atoms with Crippen molar-refractivity contribution in [3.05, 3.63) is 47.2 Å². The standard InChI is InChI=1S/C20H22N6O8S3/c1-10(9-37(32,33)34)26-20(22-23-24-26)36-8-12-7-35-18-13(17(29)25(18)14(12)19(30)31)21-16(28)15(27)11-5-3-2-4-6-11/h2-6,10,13,15,18,27H,7-9H2,1H3,(H,21,28)(H,30,31)(H,32,33,34)/t10?,13?,15?,18-/m1/s1. The molecule has 2 aromatic rings. The Bertz CT molecular complexity index is 1350. The van der Waals surface area contributed by atoms with E-state index in [2.05, 4.69) is 20.8 Å². The number of nitrogens with zero attached hydrogens (tertiary/aromatic N) is 5. The predicted molar refractivity (Wildman–Crippen MR) is 131 cm³/mol. The van der Waals surface area contributed by atoms with Crippen LogP contribution in [0.2, 0.25) is 0 Å². The van der Waals surface area contributed by atoms with Crippen LogP contribution in [0.4, 0.5) is 0 Å². The molecule has 0 saturated carbocycles. The van der Waals surface area contributed by atoms with Gasteiger partial charge in [-0.1, -0.05) is 42.1 Å². The molecule has 4 N–H and O–H groups in total. The van der Waals surface area contributed by atoms with Crippen LogP contribution in [0.15, 0.2) is 46.8 Å². The third-order valence-electron chi connectivity index (χ3n) is 5.62. The molecular weight excluding hydrogens is 548 g/mol. The van der Waals surface area contributed by atoms with E-state index in [9.17, 15) is 33.0 Å². The van der Waals surface area contributed by atoms with Crippen LogP contribution in [0.3, 0.4) is 0 Å². The first-order valence-corrected chi connectivity index (χ1v) is 14.4. The highest BCUT2D eigenvalue weighted by Crippen LogP contribution is 2.41. The van der Waals surface area contributed by atoms with Gasteiger partial charge in [0, 0.05) is 11.5 Å². The topological polar surface area (TPSA) is 205 Å². The van der Waals surface area contributed by atoms with E-state index in [1.807, 2.05) is 0 Å². The van der Waals surface area contributed by atoms with Crippen molar-refractivity contribution in [2.24, 2.45) is 0 Å². The fraction of sp³-hybridized carbons (Fsp3) is 0.400. The van der Waals surface area contributed by atoms with Crippen LogP contribution >= 0.6 is 23.5 Å². The van der Waals surface area contributed by atoms with Crippen LogP contribution in [0.5, 0.6) is 0 Å². The number of nitrogens with one attached hydrogen (secondary N) is 1. The predicted octanol–water partition coefficient (Wildman–Crippen LogP) is -0.314. The fourth-order valence-corrected chi connectivity index (χ4v) is 7.11. The fourth-order valence-electron chi connectivity index (χ4n) is 3.90. The lowest BCUT2D eigenvalue weighted by molar-refractivity contribution is -0.151. The summed E-state index contributed by atoms with van der Waals surface area (Å²) in [5.41, 5.74) is 0.567. The van der Waals surface area contributed by atoms with Gasteiger partial charge in [-0.25, -0.2) is 9.48 Å². The number of carbonyl (C=O) groups is 3. The number of rotatable bonds is 10. The monoisotopic (exact) mass is 570 g/mol. The lowest BCUT2D eigenvalue weighted by Crippen LogP contribution is -2.70. The molecule has 0 radical (unpaired) electrons. The van der Waals surface area contributed by atoms with Gasteiger partial charge in [0.15, 0.2) is 6.10 Å². The second-order valence-electron chi connectivity index (χ2n) is 8.26. The minimum atomic E-state index is -4.27. The lowest BCUT2D eigenvalue weighted by atomic mass is 10.0. The number of thioether (sulfide) groups is 2. The van der Waals surface area contributed by atoms with Crippen LogP contribution in [-0.2, 0) is 24.5 Å². The SMILES string of the molecule is CC(CS(=O)(=O)O)n1nnnc1SCC1=C(C(=O)O)N2C(=O)C(NC(=O)C(O)c3ccccc3)[C@H]2SC1. The average molecular weight is 571 g/mol. The molecule has 0 spiro atoms. The Morgan fingerprint density at radius 3 is 2.65 bits per heavy atom. The smallest absolute Gasteiger partial charge is 0.352 e. The number of fused-ring (bicyclic) bond motifs is 1. The second kappa shape index (κ2) is 10.8. The summed E-state index contributed by atoms with van der Waals surface area (Å²) >= 11 is 2.31. The maximum Gasteiger partial charge on any atom is 0.352 e. The first-order valence-electron chi connectivity index (χ1n) is 10.8. The third-order valence-corrected chi connectivity index (χ3v) is 8.88. The van der Waals surface area contributed by atoms with Gasteiger partial charge in [0.1, 0.15) is 17.1 Å². The summed E-state index contributed by atoms with van der Waals surface area (Å²) < 4.78 is 32.7. The number of carboxylic acid groups (broad SMARTS) is 1. The molecule has 0 bridgehead atoms. The van der Waals surface area contributed by atoms with Gasteiger partial charge in [-0.15, -0.1) is 16.9 Å².